The number of nitrogens with zero attached hydrogens (tertiary/aromatic N) is 2. The Hall–Kier alpha value is -1.83. The first kappa shape index (κ1) is 26.2. The number of carbonyl (C=O) groups excluding carboxylic acids is 1. The van der Waals surface area contributed by atoms with Crippen LogP contribution >= 0.6 is 23.4 Å². The lowest BCUT2D eigenvalue weighted by molar-refractivity contribution is -0.139. The van der Waals surface area contributed by atoms with Crippen molar-refractivity contribution in [3.8, 4) is 5.75 Å². The number of likely N-dealkylation sites (tertiary alicyclic amines) is 1. The highest BCUT2D eigenvalue weighted by Crippen LogP contribution is 2.34. The summed E-state index contributed by atoms with van der Waals surface area (Å²) in [6.45, 7) is 2.78. The fraction of sp³-hybridized carbons (Fsp3) is 0.593. The average Bonchev–Trinajstić information content (AvgIpc) is 3.36. The molecule has 2 heterocycles. The van der Waals surface area contributed by atoms with Crippen LogP contribution in [0.25, 0.3) is 10.9 Å². The molecule has 0 bridgehead atoms. The molecule has 35 heavy (non-hydrogen) atoms. The molecule has 8 heteroatoms. The molecule has 0 spiro atoms. The van der Waals surface area contributed by atoms with Crippen LogP contribution in [0.2, 0.25) is 5.02 Å². The predicted molar refractivity (Wildman–Crippen MR) is 142 cm³/mol. The van der Waals surface area contributed by atoms with Crippen LogP contribution in [0.4, 0.5) is 0 Å². The van der Waals surface area contributed by atoms with Gasteiger partial charge >= 0.3 is 5.97 Å². The van der Waals surface area contributed by atoms with Gasteiger partial charge in [0.15, 0.2) is 5.78 Å². The van der Waals surface area contributed by atoms with E-state index in [9.17, 15) is 14.7 Å². The number of thioether (sulfide) groups is 1. The number of carbonyl (C=O) groups is 2. The Morgan fingerprint density at radius 1 is 1.23 bits per heavy atom. The molecular formula is C27H35ClN2O4S. The Kier molecular flexibility index (Phi) is 9.31. The van der Waals surface area contributed by atoms with Gasteiger partial charge in [-0.15, -0.1) is 0 Å². The Labute approximate surface area is 216 Å². The monoisotopic (exact) mass is 518 g/mol. The van der Waals surface area contributed by atoms with E-state index in [1.54, 1.807) is 13.2 Å². The number of methoxy groups -OCH3 is 1. The number of carboxylic acids is 1. The van der Waals surface area contributed by atoms with Gasteiger partial charge < -0.3 is 14.7 Å². The molecule has 2 fully saturated rings. The minimum absolute atomic E-state index is 0.0277. The van der Waals surface area contributed by atoms with E-state index in [2.05, 4.69) is 21.6 Å². The molecule has 0 unspecified atom stereocenters. The first-order valence-corrected chi connectivity index (χ1v) is 14.1. The van der Waals surface area contributed by atoms with Gasteiger partial charge in [0.05, 0.1) is 17.6 Å². The summed E-state index contributed by atoms with van der Waals surface area (Å²) < 4.78 is 5.33. The van der Waals surface area contributed by atoms with Crippen molar-refractivity contribution in [2.45, 2.75) is 56.6 Å². The predicted octanol–water partition coefficient (Wildman–Crippen LogP) is 5.95. The van der Waals surface area contributed by atoms with E-state index in [0.717, 1.165) is 37.1 Å². The summed E-state index contributed by atoms with van der Waals surface area (Å²) in [5.74, 6) is 1.26. The Balaban J connectivity index is 1.37. The van der Waals surface area contributed by atoms with Crippen LogP contribution in [0.5, 0.6) is 5.75 Å². The third kappa shape index (κ3) is 6.89. The first-order chi connectivity index (χ1) is 16.9. The van der Waals surface area contributed by atoms with Crippen LogP contribution in [-0.2, 0) is 4.79 Å². The zero-order valence-electron chi connectivity index (χ0n) is 20.4. The fourth-order valence-corrected chi connectivity index (χ4v) is 7.22. The number of hydrogen-bond donors (Lipinski definition) is 1. The minimum Gasteiger partial charge on any atom is -0.497 e. The molecule has 1 saturated heterocycles. The lowest BCUT2D eigenvalue weighted by Gasteiger charge is -2.38. The maximum atomic E-state index is 13.3. The van der Waals surface area contributed by atoms with Gasteiger partial charge in [-0.05, 0) is 62.3 Å². The van der Waals surface area contributed by atoms with Crippen molar-refractivity contribution >= 4 is 46.0 Å². The Morgan fingerprint density at radius 2 is 2.03 bits per heavy atom. The topological polar surface area (TPSA) is 79.7 Å². The molecule has 190 valence electrons. The van der Waals surface area contributed by atoms with Crippen molar-refractivity contribution < 1.29 is 19.4 Å². The molecule has 2 aliphatic rings. The number of hydrogen-bond acceptors (Lipinski definition) is 6. The second-order valence-electron chi connectivity index (χ2n) is 9.81. The summed E-state index contributed by atoms with van der Waals surface area (Å²) in [7, 11) is 1.59. The summed E-state index contributed by atoms with van der Waals surface area (Å²) in [5, 5.41) is 11.4. The van der Waals surface area contributed by atoms with Gasteiger partial charge in [-0.1, -0.05) is 24.4 Å². The minimum atomic E-state index is -0.760. The standard InChI is InChI=1S/C27H35ClN2O4S/c1-34-20-7-8-24-22(15-20)27(23(28)16-29-24)25(31)9-6-18-10-11-30(17-19(18)14-26(32)33)12-13-35-21-4-2-3-5-21/h7-8,15-16,18-19,21H,2-6,9-14,17H2,1H3,(H,32,33)/t18-,19+/m1/s1. The van der Waals surface area contributed by atoms with Gasteiger partial charge in [0.1, 0.15) is 5.75 Å². The van der Waals surface area contributed by atoms with E-state index in [1.165, 1.54) is 31.9 Å². The summed E-state index contributed by atoms with van der Waals surface area (Å²) in [6, 6.07) is 5.44. The van der Waals surface area contributed by atoms with Crippen LogP contribution < -0.4 is 4.74 Å². The number of Topliss-reactive ketones (excluding diaryl/α,β-unsaturated/α-hetero) is 1. The van der Waals surface area contributed by atoms with Crippen LogP contribution in [-0.4, -0.2) is 64.5 Å². The fourth-order valence-electron chi connectivity index (χ4n) is 5.60. The number of carboxylic acid groups (broad SMARTS) is 1. The molecule has 1 aromatic carbocycles. The smallest absolute Gasteiger partial charge is 0.303 e. The second kappa shape index (κ2) is 12.4. The number of aromatic nitrogens is 1. The normalized spacial score (nSPS) is 21.4. The number of aliphatic carboxylic acids is 1. The van der Waals surface area contributed by atoms with Crippen molar-refractivity contribution in [1.82, 2.24) is 9.88 Å². The van der Waals surface area contributed by atoms with Crippen molar-refractivity contribution in [1.29, 1.82) is 0 Å². The molecule has 4 rings (SSSR count). The molecule has 1 aromatic heterocycles. The molecule has 2 aromatic rings. The van der Waals surface area contributed by atoms with E-state index >= 15 is 0 Å². The molecule has 1 N–H and O–H groups in total. The lowest BCUT2D eigenvalue weighted by atomic mass is 9.79. The van der Waals surface area contributed by atoms with Gasteiger partial charge in [0.25, 0.3) is 0 Å². The molecule has 0 radical (unpaired) electrons. The summed E-state index contributed by atoms with van der Waals surface area (Å²) in [6.07, 6.45) is 9.02. The molecule has 6 nitrogen and oxygen atoms in total. The highest BCUT2D eigenvalue weighted by Gasteiger charge is 2.31. The third-order valence-corrected chi connectivity index (χ3v) is 9.17. The van der Waals surface area contributed by atoms with Gasteiger partial charge in [-0.2, -0.15) is 11.8 Å². The van der Waals surface area contributed by atoms with Crippen LogP contribution in [0.1, 0.15) is 61.7 Å². The second-order valence-corrected chi connectivity index (χ2v) is 11.6. The number of fused-ring (bicyclic) bond motifs is 1. The number of ketones is 1. The maximum absolute atomic E-state index is 13.3. The van der Waals surface area contributed by atoms with Gasteiger partial charge in [-0.3, -0.25) is 14.6 Å². The molecule has 1 aliphatic carbocycles. The number of ether oxygens (including phenoxy) is 1. The van der Waals surface area contributed by atoms with Crippen LogP contribution in [0.3, 0.4) is 0 Å². The number of benzene rings is 1. The number of halogens is 1. The molecule has 0 amide bonds. The zero-order chi connectivity index (χ0) is 24.8. The van der Waals surface area contributed by atoms with Crippen molar-refractivity contribution in [3.63, 3.8) is 0 Å². The quantitative estimate of drug-likeness (QED) is 0.368. The van der Waals surface area contributed by atoms with Crippen LogP contribution in [0, 0.1) is 11.8 Å². The maximum Gasteiger partial charge on any atom is 0.303 e. The summed E-state index contributed by atoms with van der Waals surface area (Å²) >= 11 is 8.50. The number of piperidine rings is 1. The Morgan fingerprint density at radius 3 is 2.77 bits per heavy atom. The molecular weight excluding hydrogens is 484 g/mol. The van der Waals surface area contributed by atoms with E-state index < -0.39 is 5.97 Å². The van der Waals surface area contributed by atoms with E-state index in [-0.39, 0.29) is 24.0 Å². The van der Waals surface area contributed by atoms with Crippen molar-refractivity contribution in [2.75, 3.05) is 32.5 Å². The largest absolute Gasteiger partial charge is 0.497 e. The highest BCUT2D eigenvalue weighted by atomic mass is 35.5. The van der Waals surface area contributed by atoms with Crippen molar-refractivity contribution in [3.05, 3.63) is 35.0 Å². The lowest BCUT2D eigenvalue weighted by Crippen LogP contribution is -2.42. The summed E-state index contributed by atoms with van der Waals surface area (Å²) in [5.41, 5.74) is 1.18. The summed E-state index contributed by atoms with van der Waals surface area (Å²) in [4.78, 5) is 31.7. The highest BCUT2D eigenvalue weighted by molar-refractivity contribution is 7.99. The van der Waals surface area contributed by atoms with Gasteiger partial charge in [0, 0.05) is 54.1 Å². The van der Waals surface area contributed by atoms with Gasteiger partial charge in [-0.25, -0.2) is 0 Å². The molecule has 1 saturated carbocycles. The molecule has 2 atom stereocenters. The van der Waals surface area contributed by atoms with Crippen molar-refractivity contribution in [2.24, 2.45) is 11.8 Å². The van der Waals surface area contributed by atoms with E-state index in [4.69, 9.17) is 16.3 Å². The Bertz CT molecular complexity index is 1040. The number of rotatable bonds is 11. The third-order valence-electron chi connectivity index (χ3n) is 7.53. The van der Waals surface area contributed by atoms with Gasteiger partial charge in [0.2, 0.25) is 0 Å². The SMILES string of the molecule is COc1ccc2ncc(Cl)c(C(=O)CC[C@@H]3CCN(CCSC4CCCC4)C[C@@H]3CC(=O)O)c2c1. The van der Waals surface area contributed by atoms with E-state index in [1.807, 2.05) is 12.1 Å². The molecule has 1 aliphatic heterocycles. The van der Waals surface area contributed by atoms with E-state index in [0.29, 0.717) is 40.1 Å². The number of pyridine rings is 1. The average molecular weight is 519 g/mol. The zero-order valence-corrected chi connectivity index (χ0v) is 22.0. The van der Waals surface area contributed by atoms with Crippen LogP contribution in [0.15, 0.2) is 24.4 Å². The first-order valence-electron chi connectivity index (χ1n) is 12.7.